The molecule has 2 N–H and O–H groups in total. The van der Waals surface area contributed by atoms with Gasteiger partial charge in [-0.2, -0.15) is 0 Å². The van der Waals surface area contributed by atoms with Gasteiger partial charge in [0, 0.05) is 13.1 Å². The molecule has 0 bridgehead atoms. The molecule has 0 fully saturated rings. The highest BCUT2D eigenvalue weighted by atomic mass is 35.5. The van der Waals surface area contributed by atoms with Crippen LogP contribution in [0.25, 0.3) is 0 Å². The number of methoxy groups -OCH3 is 1. The van der Waals surface area contributed by atoms with Gasteiger partial charge in [-0.1, -0.05) is 6.07 Å². The molecule has 0 aliphatic rings. The highest BCUT2D eigenvalue weighted by Crippen LogP contribution is 2.27. The van der Waals surface area contributed by atoms with Crippen LogP contribution in [-0.4, -0.2) is 32.0 Å². The lowest BCUT2D eigenvalue weighted by Gasteiger charge is -2.11. The van der Waals surface area contributed by atoms with Gasteiger partial charge in [0.2, 0.25) is 0 Å². The predicted molar refractivity (Wildman–Crippen MR) is 70.2 cm³/mol. The van der Waals surface area contributed by atoms with E-state index in [2.05, 4.69) is 5.32 Å². The predicted octanol–water partition coefficient (Wildman–Crippen LogP) is 1.60. The maximum Gasteiger partial charge on any atom is 0.161 e. The van der Waals surface area contributed by atoms with Gasteiger partial charge in [-0.05, 0) is 24.6 Å². The largest absolute Gasteiger partial charge is 0.493 e. The molecule has 0 saturated heterocycles. The van der Waals surface area contributed by atoms with Gasteiger partial charge >= 0.3 is 0 Å². The van der Waals surface area contributed by atoms with E-state index >= 15 is 0 Å². The Morgan fingerprint density at radius 1 is 1.29 bits per heavy atom. The topological polar surface area (TPSA) is 50.7 Å². The summed E-state index contributed by atoms with van der Waals surface area (Å²) in [5.74, 6) is 1.50. The first kappa shape index (κ1) is 16.0. The molecule has 0 aliphatic heterocycles. The van der Waals surface area contributed by atoms with Crippen LogP contribution in [0.3, 0.4) is 0 Å². The van der Waals surface area contributed by atoms with Crippen molar-refractivity contribution in [3.05, 3.63) is 23.8 Å². The third-order valence-corrected chi connectivity index (χ3v) is 2.15. The molecule has 1 rings (SSSR count). The van der Waals surface area contributed by atoms with Crippen molar-refractivity contribution < 1.29 is 14.6 Å². The molecule has 4 nitrogen and oxygen atoms in total. The molecule has 5 heteroatoms. The summed E-state index contributed by atoms with van der Waals surface area (Å²) in [5, 5.41) is 11.8. The van der Waals surface area contributed by atoms with Crippen LogP contribution in [0.4, 0.5) is 0 Å². The number of ether oxygens (including phenoxy) is 2. The van der Waals surface area contributed by atoms with E-state index in [-0.39, 0.29) is 19.0 Å². The van der Waals surface area contributed by atoms with Crippen LogP contribution in [0, 0.1) is 0 Å². The van der Waals surface area contributed by atoms with Crippen molar-refractivity contribution in [1.29, 1.82) is 0 Å². The summed E-state index contributed by atoms with van der Waals surface area (Å²) in [4.78, 5) is 0. The summed E-state index contributed by atoms with van der Waals surface area (Å²) in [6.07, 6.45) is 0. The highest BCUT2D eigenvalue weighted by molar-refractivity contribution is 5.85. The number of benzene rings is 1. The first-order valence-corrected chi connectivity index (χ1v) is 5.43. The van der Waals surface area contributed by atoms with E-state index in [9.17, 15) is 0 Å². The fourth-order valence-electron chi connectivity index (χ4n) is 1.41. The van der Waals surface area contributed by atoms with Gasteiger partial charge in [0.1, 0.15) is 0 Å². The molecule has 0 radical (unpaired) electrons. The number of aliphatic hydroxyl groups excluding tert-OH is 1. The molecule has 0 saturated carbocycles. The van der Waals surface area contributed by atoms with Crippen LogP contribution in [0.2, 0.25) is 0 Å². The zero-order valence-corrected chi connectivity index (χ0v) is 11.0. The van der Waals surface area contributed by atoms with Crippen molar-refractivity contribution in [3.63, 3.8) is 0 Å². The Bertz CT molecular complexity index is 321. The maximum absolute atomic E-state index is 8.65. The molecule has 98 valence electrons. The van der Waals surface area contributed by atoms with Crippen molar-refractivity contribution in [2.24, 2.45) is 0 Å². The van der Waals surface area contributed by atoms with Crippen molar-refractivity contribution in [1.82, 2.24) is 5.32 Å². The summed E-state index contributed by atoms with van der Waals surface area (Å²) >= 11 is 0. The number of rotatable bonds is 7. The number of hydrogen-bond donors (Lipinski definition) is 2. The van der Waals surface area contributed by atoms with Gasteiger partial charge in [0.05, 0.1) is 20.3 Å². The zero-order chi connectivity index (χ0) is 11.8. The Kier molecular flexibility index (Phi) is 8.58. The lowest BCUT2D eigenvalue weighted by Crippen LogP contribution is -2.17. The number of nitrogens with one attached hydrogen (secondary N) is 1. The van der Waals surface area contributed by atoms with Crippen LogP contribution in [0.15, 0.2) is 18.2 Å². The van der Waals surface area contributed by atoms with E-state index in [0.717, 1.165) is 17.1 Å². The molecule has 0 atom stereocenters. The minimum atomic E-state index is 0. The Morgan fingerprint density at radius 2 is 2.06 bits per heavy atom. The van der Waals surface area contributed by atoms with E-state index in [1.165, 1.54) is 0 Å². The zero-order valence-electron chi connectivity index (χ0n) is 10.2. The SMILES string of the molecule is CCOc1ccc(CNCCO)cc1OC.Cl. The van der Waals surface area contributed by atoms with Gasteiger partial charge in [-0.15, -0.1) is 12.4 Å². The van der Waals surface area contributed by atoms with E-state index in [0.29, 0.717) is 19.7 Å². The van der Waals surface area contributed by atoms with Crippen LogP contribution >= 0.6 is 12.4 Å². The molecule has 0 unspecified atom stereocenters. The fraction of sp³-hybridized carbons (Fsp3) is 0.500. The Balaban J connectivity index is 0.00000256. The number of hydrogen-bond acceptors (Lipinski definition) is 4. The third kappa shape index (κ3) is 5.26. The molecule has 0 spiro atoms. The van der Waals surface area contributed by atoms with Gasteiger partial charge in [-0.3, -0.25) is 0 Å². The summed E-state index contributed by atoms with van der Waals surface area (Å²) < 4.78 is 10.7. The minimum Gasteiger partial charge on any atom is -0.493 e. The fourth-order valence-corrected chi connectivity index (χ4v) is 1.41. The van der Waals surface area contributed by atoms with Crippen LogP contribution < -0.4 is 14.8 Å². The molecule has 17 heavy (non-hydrogen) atoms. The van der Waals surface area contributed by atoms with Gasteiger partial charge in [0.15, 0.2) is 11.5 Å². The Morgan fingerprint density at radius 3 is 2.65 bits per heavy atom. The Labute approximate surface area is 108 Å². The molecule has 1 aromatic carbocycles. The van der Waals surface area contributed by atoms with Crippen molar-refractivity contribution in [3.8, 4) is 11.5 Å². The normalized spacial score (nSPS) is 9.59. The lowest BCUT2D eigenvalue weighted by atomic mass is 10.2. The average molecular weight is 262 g/mol. The van der Waals surface area contributed by atoms with Gasteiger partial charge in [-0.25, -0.2) is 0 Å². The summed E-state index contributed by atoms with van der Waals surface area (Å²) in [6.45, 7) is 4.02. The van der Waals surface area contributed by atoms with Crippen LogP contribution in [0.1, 0.15) is 12.5 Å². The van der Waals surface area contributed by atoms with Crippen LogP contribution in [-0.2, 0) is 6.54 Å². The molecule has 1 aromatic rings. The van der Waals surface area contributed by atoms with Crippen molar-refractivity contribution in [2.75, 3.05) is 26.9 Å². The van der Waals surface area contributed by atoms with E-state index in [1.54, 1.807) is 7.11 Å². The second-order valence-corrected chi connectivity index (χ2v) is 3.32. The molecule has 0 aliphatic carbocycles. The van der Waals surface area contributed by atoms with E-state index in [4.69, 9.17) is 14.6 Å². The molecular formula is C12H20ClNO3. The Hall–Kier alpha value is -0.970. The molecule has 0 amide bonds. The van der Waals surface area contributed by atoms with Crippen LogP contribution in [0.5, 0.6) is 11.5 Å². The average Bonchev–Trinajstić information content (AvgIpc) is 2.31. The molecule has 0 aromatic heterocycles. The third-order valence-electron chi connectivity index (χ3n) is 2.15. The summed E-state index contributed by atoms with van der Waals surface area (Å²) in [6, 6.07) is 5.82. The minimum absolute atomic E-state index is 0. The molecule has 0 heterocycles. The molecular weight excluding hydrogens is 242 g/mol. The number of aliphatic hydroxyl groups is 1. The van der Waals surface area contributed by atoms with E-state index in [1.807, 2.05) is 25.1 Å². The first-order valence-electron chi connectivity index (χ1n) is 5.43. The second-order valence-electron chi connectivity index (χ2n) is 3.32. The standard InChI is InChI=1S/C12H19NO3.ClH/c1-3-16-11-5-4-10(8-12(11)15-2)9-13-6-7-14;/h4-5,8,13-14H,3,6-7,9H2,1-2H3;1H. The van der Waals surface area contributed by atoms with Gasteiger partial charge in [0.25, 0.3) is 0 Å². The van der Waals surface area contributed by atoms with Crippen molar-refractivity contribution in [2.45, 2.75) is 13.5 Å². The number of halogens is 1. The van der Waals surface area contributed by atoms with E-state index < -0.39 is 0 Å². The lowest BCUT2D eigenvalue weighted by molar-refractivity contribution is 0.291. The second kappa shape index (κ2) is 9.10. The van der Waals surface area contributed by atoms with Gasteiger partial charge < -0.3 is 19.9 Å². The highest BCUT2D eigenvalue weighted by Gasteiger charge is 2.04. The first-order chi connectivity index (χ1) is 7.81. The monoisotopic (exact) mass is 261 g/mol. The summed E-state index contributed by atoms with van der Waals surface area (Å²) in [7, 11) is 1.63. The van der Waals surface area contributed by atoms with Crippen molar-refractivity contribution >= 4 is 12.4 Å². The smallest absolute Gasteiger partial charge is 0.161 e. The quantitative estimate of drug-likeness (QED) is 0.732. The maximum atomic E-state index is 8.65. The summed E-state index contributed by atoms with van der Waals surface area (Å²) in [5.41, 5.74) is 1.11.